The smallest absolute Gasteiger partial charge is 0.251 e. The highest BCUT2D eigenvalue weighted by Crippen LogP contribution is 2.51. The van der Waals surface area contributed by atoms with Crippen LogP contribution in [0.15, 0.2) is 0 Å². The summed E-state index contributed by atoms with van der Waals surface area (Å²) < 4.78 is 5.88. The maximum Gasteiger partial charge on any atom is 0.251 e. The third-order valence-corrected chi connectivity index (χ3v) is 5.17. The zero-order valence-electron chi connectivity index (χ0n) is 11.9. The molecule has 4 rings (SSSR count). The summed E-state index contributed by atoms with van der Waals surface area (Å²) in [6, 6.07) is 0. The second kappa shape index (κ2) is 4.66. The molecule has 1 amide bonds. The van der Waals surface area contributed by atoms with Crippen molar-refractivity contribution >= 4 is 5.91 Å². The summed E-state index contributed by atoms with van der Waals surface area (Å²) in [6.45, 7) is 4.87. The van der Waals surface area contributed by atoms with E-state index in [2.05, 4.69) is 6.92 Å². The van der Waals surface area contributed by atoms with Crippen LogP contribution in [0, 0.1) is 5.92 Å². The van der Waals surface area contributed by atoms with E-state index in [9.17, 15) is 4.79 Å². The van der Waals surface area contributed by atoms with Crippen LogP contribution in [0.3, 0.4) is 0 Å². The van der Waals surface area contributed by atoms with Crippen LogP contribution in [0.2, 0.25) is 0 Å². The van der Waals surface area contributed by atoms with Crippen molar-refractivity contribution in [1.82, 2.24) is 10.1 Å². The Morgan fingerprint density at radius 1 is 1.30 bits per heavy atom. The van der Waals surface area contributed by atoms with E-state index in [1.54, 1.807) is 0 Å². The largest absolute Gasteiger partial charge is 0.373 e. The molecule has 0 aromatic heterocycles. The molecule has 112 valence electrons. The Kier molecular flexibility index (Phi) is 3.03. The van der Waals surface area contributed by atoms with Crippen LogP contribution in [-0.2, 0) is 19.2 Å². The second-order valence-corrected chi connectivity index (χ2v) is 6.24. The molecule has 0 aliphatic carbocycles. The predicted octanol–water partition coefficient (Wildman–Crippen LogP) is 0.724. The first kappa shape index (κ1) is 13.0. The quantitative estimate of drug-likeness (QED) is 0.763. The maximum absolute atomic E-state index is 13.1. The zero-order chi connectivity index (χ0) is 13.7. The fourth-order valence-corrected chi connectivity index (χ4v) is 4.17. The monoisotopic (exact) mass is 282 g/mol. The van der Waals surface area contributed by atoms with Gasteiger partial charge in [-0.15, -0.1) is 0 Å². The van der Waals surface area contributed by atoms with E-state index < -0.39 is 5.54 Å². The van der Waals surface area contributed by atoms with Gasteiger partial charge in [-0.1, -0.05) is 13.3 Å². The van der Waals surface area contributed by atoms with Crippen molar-refractivity contribution in [3.05, 3.63) is 0 Å². The SMILES string of the molecule is CCC[C@@H]1ON2OC[C@H]3OC[C@@H]1C32C(=O)N1CCCC1. The summed E-state index contributed by atoms with van der Waals surface area (Å²) >= 11 is 0. The molecule has 6 heteroatoms. The minimum absolute atomic E-state index is 0.0388. The van der Waals surface area contributed by atoms with Crippen LogP contribution in [-0.4, -0.2) is 60.1 Å². The molecule has 0 radical (unpaired) electrons. The zero-order valence-corrected chi connectivity index (χ0v) is 11.9. The molecule has 0 bridgehead atoms. The summed E-state index contributed by atoms with van der Waals surface area (Å²) in [7, 11) is 0. The maximum atomic E-state index is 13.1. The van der Waals surface area contributed by atoms with Gasteiger partial charge in [0.25, 0.3) is 5.91 Å². The fraction of sp³-hybridized carbons (Fsp3) is 0.929. The van der Waals surface area contributed by atoms with Gasteiger partial charge < -0.3 is 9.64 Å². The number of hydroxylamine groups is 2. The van der Waals surface area contributed by atoms with Crippen molar-refractivity contribution in [2.24, 2.45) is 5.92 Å². The van der Waals surface area contributed by atoms with Crippen molar-refractivity contribution in [2.75, 3.05) is 26.3 Å². The van der Waals surface area contributed by atoms with Gasteiger partial charge in [0.2, 0.25) is 0 Å². The Morgan fingerprint density at radius 2 is 2.10 bits per heavy atom. The summed E-state index contributed by atoms with van der Waals surface area (Å²) in [5, 5.41) is 1.50. The van der Waals surface area contributed by atoms with Gasteiger partial charge in [0.05, 0.1) is 19.3 Å². The minimum Gasteiger partial charge on any atom is -0.373 e. The van der Waals surface area contributed by atoms with Crippen molar-refractivity contribution in [1.29, 1.82) is 0 Å². The van der Waals surface area contributed by atoms with Crippen molar-refractivity contribution in [2.45, 2.75) is 50.4 Å². The third-order valence-electron chi connectivity index (χ3n) is 5.17. The van der Waals surface area contributed by atoms with Gasteiger partial charge in [-0.25, -0.2) is 0 Å². The van der Waals surface area contributed by atoms with Crippen molar-refractivity contribution < 1.29 is 19.2 Å². The molecule has 4 fully saturated rings. The van der Waals surface area contributed by atoms with Crippen LogP contribution in [0.5, 0.6) is 0 Å². The highest BCUT2D eigenvalue weighted by molar-refractivity contribution is 5.88. The van der Waals surface area contributed by atoms with Gasteiger partial charge in [-0.2, -0.15) is 0 Å². The van der Waals surface area contributed by atoms with E-state index >= 15 is 0 Å². The molecule has 4 aliphatic heterocycles. The molecular formula is C14H22N2O4. The average Bonchev–Trinajstić information content (AvgIpc) is 3.18. The fourth-order valence-electron chi connectivity index (χ4n) is 4.17. The number of ether oxygens (including phenoxy) is 1. The van der Waals surface area contributed by atoms with Crippen molar-refractivity contribution in [3.8, 4) is 0 Å². The first-order valence-electron chi connectivity index (χ1n) is 7.79. The van der Waals surface area contributed by atoms with E-state index in [0.29, 0.717) is 13.2 Å². The Hall–Kier alpha value is -0.690. The number of nitrogens with zero attached hydrogens (tertiary/aromatic N) is 2. The van der Waals surface area contributed by atoms with E-state index in [-0.39, 0.29) is 24.0 Å². The van der Waals surface area contributed by atoms with E-state index in [1.165, 1.54) is 5.23 Å². The number of rotatable bonds is 3. The van der Waals surface area contributed by atoms with Crippen LogP contribution >= 0.6 is 0 Å². The molecule has 4 atom stereocenters. The van der Waals surface area contributed by atoms with Crippen molar-refractivity contribution in [3.63, 3.8) is 0 Å². The molecule has 0 aromatic rings. The highest BCUT2D eigenvalue weighted by atomic mass is 17.0. The first-order chi connectivity index (χ1) is 9.78. The molecule has 0 aromatic carbocycles. The van der Waals surface area contributed by atoms with Gasteiger partial charge in [0.1, 0.15) is 6.10 Å². The standard InChI is InChI=1S/C14H22N2O4/c1-2-5-11-10-8-18-12-9-19-16(20-11)14(10,12)13(17)15-6-3-4-7-15/h10-12H,2-9H2,1H3/t10-,11-,12+,14?/m0/s1. The molecule has 0 N–H and O–H groups in total. The third kappa shape index (κ3) is 1.51. The van der Waals surface area contributed by atoms with E-state index in [0.717, 1.165) is 38.8 Å². The first-order valence-corrected chi connectivity index (χ1v) is 7.79. The number of hydrogen-bond donors (Lipinski definition) is 0. The summed E-state index contributed by atoms with van der Waals surface area (Å²) in [5.41, 5.74) is -0.718. The van der Waals surface area contributed by atoms with Gasteiger partial charge in [0.15, 0.2) is 5.54 Å². The molecule has 4 heterocycles. The normalized spacial score (nSPS) is 43.5. The van der Waals surface area contributed by atoms with Crippen LogP contribution < -0.4 is 0 Å². The lowest BCUT2D eigenvalue weighted by atomic mass is 9.79. The van der Waals surface area contributed by atoms with E-state index in [4.69, 9.17) is 14.4 Å². The minimum atomic E-state index is -0.718. The van der Waals surface area contributed by atoms with E-state index in [1.807, 2.05) is 4.90 Å². The topological polar surface area (TPSA) is 51.2 Å². The predicted molar refractivity (Wildman–Crippen MR) is 69.3 cm³/mol. The van der Waals surface area contributed by atoms with Gasteiger partial charge in [-0.3, -0.25) is 14.5 Å². The molecule has 4 aliphatic rings. The van der Waals surface area contributed by atoms with Gasteiger partial charge in [-0.05, 0) is 24.5 Å². The number of carbonyl (C=O) groups excluding carboxylic acids is 1. The average molecular weight is 282 g/mol. The Balaban J connectivity index is 1.68. The highest BCUT2D eigenvalue weighted by Gasteiger charge is 2.73. The number of hydrogen-bond acceptors (Lipinski definition) is 5. The Labute approximate surface area is 118 Å². The van der Waals surface area contributed by atoms with Gasteiger partial charge >= 0.3 is 0 Å². The summed E-state index contributed by atoms with van der Waals surface area (Å²) in [5.74, 6) is 0.252. The number of amides is 1. The molecule has 1 unspecified atom stereocenters. The summed E-state index contributed by atoms with van der Waals surface area (Å²) in [6.07, 6.45) is 4.03. The number of likely N-dealkylation sites (tertiary alicyclic amines) is 1. The molecule has 0 spiro atoms. The Bertz CT molecular complexity index is 412. The molecule has 4 saturated heterocycles. The Morgan fingerprint density at radius 3 is 2.85 bits per heavy atom. The molecular weight excluding hydrogens is 260 g/mol. The second-order valence-electron chi connectivity index (χ2n) is 6.24. The van der Waals surface area contributed by atoms with Crippen LogP contribution in [0.4, 0.5) is 0 Å². The lowest BCUT2D eigenvalue weighted by molar-refractivity contribution is -0.354. The van der Waals surface area contributed by atoms with Crippen LogP contribution in [0.1, 0.15) is 32.6 Å². The molecule has 0 saturated carbocycles. The number of carbonyl (C=O) groups is 1. The lowest BCUT2D eigenvalue weighted by Crippen LogP contribution is -2.59. The van der Waals surface area contributed by atoms with Crippen LogP contribution in [0.25, 0.3) is 0 Å². The lowest BCUT2D eigenvalue weighted by Gasteiger charge is -2.32. The van der Waals surface area contributed by atoms with Gasteiger partial charge in [0, 0.05) is 19.0 Å². The summed E-state index contributed by atoms with van der Waals surface area (Å²) in [4.78, 5) is 26.6. The molecule has 20 heavy (non-hydrogen) atoms. The molecule has 6 nitrogen and oxygen atoms in total.